The lowest BCUT2D eigenvalue weighted by molar-refractivity contribution is 0.0429. The van der Waals surface area contributed by atoms with Crippen LogP contribution in [0.15, 0.2) is 18.3 Å². The summed E-state index contributed by atoms with van der Waals surface area (Å²) >= 11 is 0. The Morgan fingerprint density at radius 2 is 2.24 bits per heavy atom. The molecule has 3 rings (SSSR count). The quantitative estimate of drug-likeness (QED) is 0.849. The van der Waals surface area contributed by atoms with Crippen LogP contribution in [0.4, 0.5) is 0 Å². The summed E-state index contributed by atoms with van der Waals surface area (Å²) < 4.78 is 0. The van der Waals surface area contributed by atoms with E-state index in [0.29, 0.717) is 11.3 Å². The van der Waals surface area contributed by atoms with E-state index in [4.69, 9.17) is 5.26 Å². The molecule has 0 aliphatic carbocycles. The average molecular weight is 284 g/mol. The molecule has 1 aromatic heterocycles. The van der Waals surface area contributed by atoms with Crippen LogP contribution in [-0.4, -0.2) is 42.0 Å². The highest BCUT2D eigenvalue weighted by atomic mass is 16.2. The monoisotopic (exact) mass is 284 g/mol. The van der Waals surface area contributed by atoms with Crippen molar-refractivity contribution in [2.24, 2.45) is 5.41 Å². The number of carbonyl (C=O) groups is 1. The first kappa shape index (κ1) is 14.0. The molecule has 0 aromatic carbocycles. The Morgan fingerprint density at radius 3 is 2.90 bits per heavy atom. The number of aromatic nitrogens is 1. The van der Waals surface area contributed by atoms with Crippen LogP contribution in [0, 0.1) is 16.7 Å². The molecule has 21 heavy (non-hydrogen) atoms. The number of carbonyl (C=O) groups excluding carboxylic acids is 1. The summed E-state index contributed by atoms with van der Waals surface area (Å²) in [5, 5.41) is 12.3. The third-order valence-corrected chi connectivity index (χ3v) is 4.62. The molecule has 5 heteroatoms. The summed E-state index contributed by atoms with van der Waals surface area (Å²) in [6.07, 6.45) is 6.12. The van der Waals surface area contributed by atoms with Crippen molar-refractivity contribution in [1.29, 1.82) is 5.26 Å². The summed E-state index contributed by atoms with van der Waals surface area (Å²) in [6.45, 7) is 3.73. The fourth-order valence-electron chi connectivity index (χ4n) is 3.51. The van der Waals surface area contributed by atoms with Gasteiger partial charge in [-0.2, -0.15) is 5.26 Å². The maximum Gasteiger partial charge on any atom is 0.272 e. The Labute approximate surface area is 125 Å². The standard InChI is InChI=1S/C16H20N4O/c17-9-13-3-4-14(19-10-13)15(21)20-8-2-6-16(12-20)5-1-7-18-11-16/h3-4,10,18H,1-2,5-8,11-12H2. The molecule has 1 atom stereocenters. The lowest BCUT2D eigenvalue weighted by atomic mass is 9.74. The molecule has 2 aliphatic rings. The molecular weight excluding hydrogens is 264 g/mol. The third-order valence-electron chi connectivity index (χ3n) is 4.62. The van der Waals surface area contributed by atoms with E-state index in [1.807, 2.05) is 11.0 Å². The Bertz CT molecular complexity index is 549. The van der Waals surface area contributed by atoms with Gasteiger partial charge in [-0.3, -0.25) is 4.79 Å². The molecule has 1 aromatic rings. The number of nitrogens with one attached hydrogen (secondary N) is 1. The van der Waals surface area contributed by atoms with E-state index in [2.05, 4.69) is 10.3 Å². The number of nitriles is 1. The van der Waals surface area contributed by atoms with Crippen molar-refractivity contribution < 1.29 is 4.79 Å². The molecule has 1 amide bonds. The van der Waals surface area contributed by atoms with Crippen LogP contribution in [0.3, 0.4) is 0 Å². The zero-order valence-corrected chi connectivity index (χ0v) is 12.1. The molecule has 5 nitrogen and oxygen atoms in total. The molecule has 2 fully saturated rings. The lowest BCUT2D eigenvalue weighted by Crippen LogP contribution is -2.52. The van der Waals surface area contributed by atoms with Gasteiger partial charge in [0.2, 0.25) is 0 Å². The minimum absolute atomic E-state index is 0.0101. The molecule has 110 valence electrons. The number of hydrogen-bond acceptors (Lipinski definition) is 4. The van der Waals surface area contributed by atoms with E-state index in [0.717, 1.165) is 32.6 Å². The normalized spacial score (nSPS) is 25.6. The van der Waals surface area contributed by atoms with Crippen LogP contribution in [-0.2, 0) is 0 Å². The predicted molar refractivity (Wildman–Crippen MR) is 78.6 cm³/mol. The van der Waals surface area contributed by atoms with Gasteiger partial charge >= 0.3 is 0 Å². The van der Waals surface area contributed by atoms with Crippen molar-refractivity contribution >= 4 is 5.91 Å². The molecule has 2 saturated heterocycles. The summed E-state index contributed by atoms with van der Waals surface area (Å²) in [4.78, 5) is 18.6. The Morgan fingerprint density at radius 1 is 1.38 bits per heavy atom. The van der Waals surface area contributed by atoms with E-state index in [9.17, 15) is 4.79 Å². The number of piperidine rings is 2. The van der Waals surface area contributed by atoms with Gasteiger partial charge in [0.25, 0.3) is 5.91 Å². The van der Waals surface area contributed by atoms with Crippen molar-refractivity contribution in [3.8, 4) is 6.07 Å². The number of hydrogen-bond donors (Lipinski definition) is 1. The SMILES string of the molecule is N#Cc1ccc(C(=O)N2CCCC3(CCCNC3)C2)nc1. The molecule has 0 radical (unpaired) electrons. The highest BCUT2D eigenvalue weighted by Gasteiger charge is 2.38. The van der Waals surface area contributed by atoms with E-state index in [1.165, 1.54) is 25.5 Å². The first-order chi connectivity index (χ1) is 10.2. The highest BCUT2D eigenvalue weighted by molar-refractivity contribution is 5.92. The van der Waals surface area contributed by atoms with Gasteiger partial charge in [-0.05, 0) is 44.4 Å². The summed E-state index contributed by atoms with van der Waals surface area (Å²) in [5.74, 6) is -0.0101. The highest BCUT2D eigenvalue weighted by Crippen LogP contribution is 2.36. The molecule has 1 spiro atoms. The predicted octanol–water partition coefficient (Wildman–Crippen LogP) is 1.56. The number of pyridine rings is 1. The number of likely N-dealkylation sites (tertiary alicyclic amines) is 1. The Balaban J connectivity index is 1.73. The van der Waals surface area contributed by atoms with Gasteiger partial charge in [0.05, 0.1) is 5.56 Å². The van der Waals surface area contributed by atoms with Crippen LogP contribution >= 0.6 is 0 Å². The fourth-order valence-corrected chi connectivity index (χ4v) is 3.51. The van der Waals surface area contributed by atoms with Crippen molar-refractivity contribution in [3.05, 3.63) is 29.6 Å². The molecule has 3 heterocycles. The summed E-state index contributed by atoms with van der Waals surface area (Å²) in [5.41, 5.74) is 1.17. The minimum Gasteiger partial charge on any atom is -0.337 e. The molecular formula is C16H20N4O. The van der Waals surface area contributed by atoms with Gasteiger partial charge in [0.1, 0.15) is 11.8 Å². The van der Waals surface area contributed by atoms with Crippen LogP contribution in [0.5, 0.6) is 0 Å². The number of amides is 1. The zero-order chi connectivity index (χ0) is 14.7. The Hall–Kier alpha value is -1.93. The molecule has 0 bridgehead atoms. The Kier molecular flexibility index (Phi) is 3.89. The van der Waals surface area contributed by atoms with Crippen LogP contribution in [0.2, 0.25) is 0 Å². The number of nitrogens with zero attached hydrogens (tertiary/aromatic N) is 3. The lowest BCUT2D eigenvalue weighted by Gasteiger charge is -2.45. The fraction of sp³-hybridized carbons (Fsp3) is 0.562. The van der Waals surface area contributed by atoms with Crippen molar-refractivity contribution in [2.45, 2.75) is 25.7 Å². The molecule has 0 saturated carbocycles. The average Bonchev–Trinajstić information content (AvgIpc) is 2.55. The van der Waals surface area contributed by atoms with Gasteiger partial charge in [-0.1, -0.05) is 0 Å². The van der Waals surface area contributed by atoms with Crippen molar-refractivity contribution in [2.75, 3.05) is 26.2 Å². The van der Waals surface area contributed by atoms with Gasteiger partial charge in [0.15, 0.2) is 0 Å². The second-order valence-corrected chi connectivity index (χ2v) is 6.15. The molecule has 2 aliphatic heterocycles. The van der Waals surface area contributed by atoms with Crippen LogP contribution in [0.25, 0.3) is 0 Å². The maximum atomic E-state index is 12.6. The second kappa shape index (κ2) is 5.82. The molecule has 1 N–H and O–H groups in total. The van der Waals surface area contributed by atoms with Gasteiger partial charge < -0.3 is 10.2 Å². The van der Waals surface area contributed by atoms with Crippen molar-refractivity contribution in [1.82, 2.24) is 15.2 Å². The second-order valence-electron chi connectivity index (χ2n) is 6.15. The van der Waals surface area contributed by atoms with E-state index in [1.54, 1.807) is 12.1 Å². The maximum absolute atomic E-state index is 12.6. The van der Waals surface area contributed by atoms with E-state index >= 15 is 0 Å². The van der Waals surface area contributed by atoms with Gasteiger partial charge in [-0.15, -0.1) is 0 Å². The van der Waals surface area contributed by atoms with Crippen LogP contribution in [0.1, 0.15) is 41.7 Å². The zero-order valence-electron chi connectivity index (χ0n) is 12.1. The minimum atomic E-state index is -0.0101. The molecule has 1 unspecified atom stereocenters. The van der Waals surface area contributed by atoms with Gasteiger partial charge in [-0.25, -0.2) is 4.98 Å². The van der Waals surface area contributed by atoms with E-state index < -0.39 is 0 Å². The topological polar surface area (TPSA) is 69.0 Å². The summed E-state index contributed by atoms with van der Waals surface area (Å²) in [7, 11) is 0. The van der Waals surface area contributed by atoms with E-state index in [-0.39, 0.29) is 11.3 Å². The van der Waals surface area contributed by atoms with Crippen molar-refractivity contribution in [3.63, 3.8) is 0 Å². The van der Waals surface area contributed by atoms with Crippen LogP contribution < -0.4 is 5.32 Å². The largest absolute Gasteiger partial charge is 0.337 e. The number of rotatable bonds is 1. The first-order valence-corrected chi connectivity index (χ1v) is 7.59. The van der Waals surface area contributed by atoms with Gasteiger partial charge in [0, 0.05) is 31.2 Å². The summed E-state index contributed by atoms with van der Waals surface area (Å²) in [6, 6.07) is 5.33. The third kappa shape index (κ3) is 2.91. The first-order valence-electron chi connectivity index (χ1n) is 7.59. The smallest absolute Gasteiger partial charge is 0.272 e.